The van der Waals surface area contributed by atoms with Gasteiger partial charge in [0.15, 0.2) is 0 Å². The lowest BCUT2D eigenvalue weighted by molar-refractivity contribution is -0.384. The fourth-order valence-electron chi connectivity index (χ4n) is 1.51. The molecule has 0 aliphatic heterocycles. The number of amides is 1. The van der Waals surface area contributed by atoms with Crippen LogP contribution in [-0.2, 0) is 4.79 Å². The Morgan fingerprint density at radius 2 is 2.17 bits per heavy atom. The summed E-state index contributed by atoms with van der Waals surface area (Å²) < 4.78 is 0. The number of benzene rings is 1. The molecule has 0 saturated heterocycles. The number of nitro benzene ring substituents is 1. The minimum Gasteiger partial charge on any atom is -0.384 e. The highest BCUT2D eigenvalue weighted by molar-refractivity contribution is 5.76. The highest BCUT2D eigenvalue weighted by Gasteiger charge is 2.08. The third-order valence-electron chi connectivity index (χ3n) is 2.47. The summed E-state index contributed by atoms with van der Waals surface area (Å²) in [7, 11) is 0. The first-order chi connectivity index (χ1) is 8.54. The molecular weight excluding hydrogens is 234 g/mol. The molecule has 1 aromatic rings. The van der Waals surface area contributed by atoms with Crippen LogP contribution < -0.4 is 10.6 Å². The van der Waals surface area contributed by atoms with Gasteiger partial charge in [0.05, 0.1) is 4.92 Å². The molecule has 98 valence electrons. The number of hydrogen-bond donors (Lipinski definition) is 2. The lowest BCUT2D eigenvalue weighted by Crippen LogP contribution is -2.24. The second kappa shape index (κ2) is 6.58. The van der Waals surface area contributed by atoms with Gasteiger partial charge in [-0.1, -0.05) is 6.07 Å². The van der Waals surface area contributed by atoms with Crippen molar-refractivity contribution in [2.45, 2.75) is 20.3 Å². The van der Waals surface area contributed by atoms with E-state index in [-0.39, 0.29) is 11.6 Å². The molecule has 0 bridgehead atoms. The van der Waals surface area contributed by atoms with E-state index in [1.165, 1.54) is 12.1 Å². The molecule has 6 nitrogen and oxygen atoms in total. The molecule has 0 heterocycles. The number of carbonyl (C=O) groups excluding carboxylic acids is 1. The number of nitrogens with zero attached hydrogens (tertiary/aromatic N) is 1. The van der Waals surface area contributed by atoms with Gasteiger partial charge in [-0.25, -0.2) is 0 Å². The van der Waals surface area contributed by atoms with Gasteiger partial charge in [0.25, 0.3) is 5.69 Å². The second-order valence-corrected chi connectivity index (χ2v) is 3.89. The van der Waals surface area contributed by atoms with Crippen LogP contribution in [0.25, 0.3) is 0 Å². The largest absolute Gasteiger partial charge is 0.384 e. The highest BCUT2D eigenvalue weighted by atomic mass is 16.6. The third kappa shape index (κ3) is 4.04. The van der Waals surface area contributed by atoms with Crippen molar-refractivity contribution < 1.29 is 9.72 Å². The molecule has 1 aromatic carbocycles. The van der Waals surface area contributed by atoms with E-state index in [9.17, 15) is 14.9 Å². The van der Waals surface area contributed by atoms with Gasteiger partial charge in [0.2, 0.25) is 5.91 Å². The van der Waals surface area contributed by atoms with Crippen LogP contribution in [0.2, 0.25) is 0 Å². The number of carbonyl (C=O) groups is 1. The predicted octanol–water partition coefficient (Wildman–Crippen LogP) is 1.84. The molecule has 0 spiro atoms. The topological polar surface area (TPSA) is 84.3 Å². The summed E-state index contributed by atoms with van der Waals surface area (Å²) in [4.78, 5) is 21.4. The molecule has 1 amide bonds. The van der Waals surface area contributed by atoms with Gasteiger partial charge in [-0.15, -0.1) is 0 Å². The lowest BCUT2D eigenvalue weighted by atomic mass is 10.2. The maximum atomic E-state index is 11.2. The zero-order valence-corrected chi connectivity index (χ0v) is 10.5. The standard InChI is InChI=1S/C12H17N3O3/c1-3-13-12(16)6-7-14-11-8-10(15(17)18)5-4-9(11)2/h4-5,8,14H,3,6-7H2,1-2H3,(H,13,16). The monoisotopic (exact) mass is 251 g/mol. The van der Waals surface area contributed by atoms with E-state index in [1.807, 2.05) is 13.8 Å². The van der Waals surface area contributed by atoms with Crippen molar-refractivity contribution in [3.63, 3.8) is 0 Å². The van der Waals surface area contributed by atoms with Gasteiger partial charge in [-0.05, 0) is 19.4 Å². The quantitative estimate of drug-likeness (QED) is 0.597. The Kier molecular flexibility index (Phi) is 5.10. The number of non-ortho nitro benzene ring substituents is 1. The summed E-state index contributed by atoms with van der Waals surface area (Å²) in [5.41, 5.74) is 1.64. The average Bonchev–Trinajstić information content (AvgIpc) is 2.31. The molecular formula is C12H17N3O3. The molecule has 1 rings (SSSR count). The Balaban J connectivity index is 2.58. The summed E-state index contributed by atoms with van der Waals surface area (Å²) in [5.74, 6) is -0.0342. The zero-order chi connectivity index (χ0) is 13.5. The van der Waals surface area contributed by atoms with Crippen LogP contribution in [0.3, 0.4) is 0 Å². The van der Waals surface area contributed by atoms with Gasteiger partial charge < -0.3 is 10.6 Å². The van der Waals surface area contributed by atoms with E-state index in [2.05, 4.69) is 10.6 Å². The number of nitrogens with one attached hydrogen (secondary N) is 2. The van der Waals surface area contributed by atoms with Crippen LogP contribution >= 0.6 is 0 Å². The SMILES string of the molecule is CCNC(=O)CCNc1cc([N+](=O)[O-])ccc1C. The number of rotatable bonds is 6. The Labute approximate surface area is 106 Å². The normalized spacial score (nSPS) is 9.89. The van der Waals surface area contributed by atoms with E-state index in [1.54, 1.807) is 6.07 Å². The van der Waals surface area contributed by atoms with Crippen molar-refractivity contribution in [3.8, 4) is 0 Å². The number of anilines is 1. The van der Waals surface area contributed by atoms with Gasteiger partial charge >= 0.3 is 0 Å². The molecule has 0 aliphatic rings. The van der Waals surface area contributed by atoms with Crippen molar-refractivity contribution >= 4 is 17.3 Å². The molecule has 18 heavy (non-hydrogen) atoms. The van der Waals surface area contributed by atoms with E-state index in [0.717, 1.165) is 5.56 Å². The van der Waals surface area contributed by atoms with Crippen molar-refractivity contribution in [1.82, 2.24) is 5.32 Å². The van der Waals surface area contributed by atoms with Gasteiger partial charge in [0.1, 0.15) is 0 Å². The molecule has 2 N–H and O–H groups in total. The molecule has 0 saturated carbocycles. The number of aryl methyl sites for hydroxylation is 1. The van der Waals surface area contributed by atoms with Crippen LogP contribution in [0.1, 0.15) is 18.9 Å². The maximum Gasteiger partial charge on any atom is 0.271 e. The summed E-state index contributed by atoms with van der Waals surface area (Å²) >= 11 is 0. The Hall–Kier alpha value is -2.11. The average molecular weight is 251 g/mol. The van der Waals surface area contributed by atoms with Crippen molar-refractivity contribution in [2.24, 2.45) is 0 Å². The van der Waals surface area contributed by atoms with Crippen LogP contribution in [-0.4, -0.2) is 23.9 Å². The van der Waals surface area contributed by atoms with Crippen molar-refractivity contribution in [2.75, 3.05) is 18.4 Å². The number of hydrogen-bond acceptors (Lipinski definition) is 4. The first-order valence-corrected chi connectivity index (χ1v) is 5.80. The molecule has 6 heteroatoms. The second-order valence-electron chi connectivity index (χ2n) is 3.89. The van der Waals surface area contributed by atoms with Gasteiger partial charge in [-0.3, -0.25) is 14.9 Å². The molecule has 0 radical (unpaired) electrons. The van der Waals surface area contributed by atoms with E-state index >= 15 is 0 Å². The number of nitro groups is 1. The zero-order valence-electron chi connectivity index (χ0n) is 10.5. The molecule has 0 fully saturated rings. The molecule has 0 unspecified atom stereocenters. The van der Waals surface area contributed by atoms with Gasteiger partial charge in [-0.2, -0.15) is 0 Å². The fourth-order valence-corrected chi connectivity index (χ4v) is 1.51. The maximum absolute atomic E-state index is 11.2. The van der Waals surface area contributed by atoms with E-state index in [0.29, 0.717) is 25.2 Å². The van der Waals surface area contributed by atoms with Crippen LogP contribution in [0, 0.1) is 17.0 Å². The Morgan fingerprint density at radius 3 is 2.78 bits per heavy atom. The fraction of sp³-hybridized carbons (Fsp3) is 0.417. The first kappa shape index (κ1) is 14.0. The van der Waals surface area contributed by atoms with Gasteiger partial charge in [0, 0.05) is 37.3 Å². The summed E-state index contributed by atoms with van der Waals surface area (Å²) in [6, 6.07) is 4.63. The van der Waals surface area contributed by atoms with Crippen LogP contribution in [0.15, 0.2) is 18.2 Å². The Bertz CT molecular complexity index is 446. The third-order valence-corrected chi connectivity index (χ3v) is 2.47. The highest BCUT2D eigenvalue weighted by Crippen LogP contribution is 2.21. The van der Waals surface area contributed by atoms with Crippen molar-refractivity contribution in [1.29, 1.82) is 0 Å². The van der Waals surface area contributed by atoms with E-state index < -0.39 is 4.92 Å². The van der Waals surface area contributed by atoms with Crippen LogP contribution in [0.5, 0.6) is 0 Å². The minimum absolute atomic E-state index is 0.0342. The first-order valence-electron chi connectivity index (χ1n) is 5.80. The summed E-state index contributed by atoms with van der Waals surface area (Å²) in [5, 5.41) is 16.4. The van der Waals surface area contributed by atoms with E-state index in [4.69, 9.17) is 0 Å². The lowest BCUT2D eigenvalue weighted by Gasteiger charge is -2.09. The molecule has 0 aromatic heterocycles. The Morgan fingerprint density at radius 1 is 1.44 bits per heavy atom. The predicted molar refractivity (Wildman–Crippen MR) is 69.6 cm³/mol. The summed E-state index contributed by atoms with van der Waals surface area (Å²) in [6.07, 6.45) is 0.343. The molecule has 0 atom stereocenters. The minimum atomic E-state index is -0.436. The van der Waals surface area contributed by atoms with Crippen molar-refractivity contribution in [3.05, 3.63) is 33.9 Å². The molecule has 0 aliphatic carbocycles. The summed E-state index contributed by atoms with van der Waals surface area (Å²) in [6.45, 7) is 4.77. The van der Waals surface area contributed by atoms with Crippen LogP contribution in [0.4, 0.5) is 11.4 Å². The smallest absolute Gasteiger partial charge is 0.271 e.